The number of aromatic nitrogens is 3. The second-order valence-electron chi connectivity index (χ2n) is 4.69. The summed E-state index contributed by atoms with van der Waals surface area (Å²) in [4.78, 5) is 11.7. The normalized spacial score (nSPS) is 10.9. The van der Waals surface area contributed by atoms with Gasteiger partial charge in [0.2, 0.25) is 0 Å². The third kappa shape index (κ3) is 5.57. The lowest BCUT2D eigenvalue weighted by molar-refractivity contribution is -0.153. The molecule has 3 heterocycles. The SMILES string of the molecule is COc1c(OCC(F)(F)F)ccnc1CSc1nc2cscc2[nH]1.Cl.Cl. The fraction of sp³-hybridized carbons (Fsp3) is 0.286. The number of nitrogens with one attached hydrogen (secondary N) is 1. The molecule has 0 bridgehead atoms. The number of aromatic amines is 1. The lowest BCUT2D eigenvalue weighted by Crippen LogP contribution is -2.19. The van der Waals surface area contributed by atoms with Crippen molar-refractivity contribution < 1.29 is 22.6 Å². The molecular formula is C14H14Cl2F3N3O2S2. The third-order valence-corrected chi connectivity index (χ3v) is 4.60. The van der Waals surface area contributed by atoms with E-state index in [1.165, 1.54) is 31.1 Å². The van der Waals surface area contributed by atoms with E-state index in [0.717, 1.165) is 11.0 Å². The molecule has 144 valence electrons. The Morgan fingerprint density at radius 3 is 2.69 bits per heavy atom. The van der Waals surface area contributed by atoms with Gasteiger partial charge < -0.3 is 14.5 Å². The number of thioether (sulfide) groups is 1. The van der Waals surface area contributed by atoms with Crippen molar-refractivity contribution in [1.82, 2.24) is 15.0 Å². The molecule has 0 spiro atoms. The van der Waals surface area contributed by atoms with Crippen molar-refractivity contribution in [3.8, 4) is 11.5 Å². The van der Waals surface area contributed by atoms with Crippen LogP contribution in [0, 0.1) is 0 Å². The number of thiophene rings is 1. The molecule has 0 saturated carbocycles. The Morgan fingerprint density at radius 2 is 2.04 bits per heavy atom. The van der Waals surface area contributed by atoms with Crippen LogP contribution in [0.3, 0.4) is 0 Å². The molecule has 0 amide bonds. The van der Waals surface area contributed by atoms with Crippen LogP contribution in [0.1, 0.15) is 5.69 Å². The largest absolute Gasteiger partial charge is 0.491 e. The van der Waals surface area contributed by atoms with Gasteiger partial charge in [-0.15, -0.1) is 36.2 Å². The fourth-order valence-electron chi connectivity index (χ4n) is 1.99. The zero-order valence-electron chi connectivity index (χ0n) is 13.2. The third-order valence-electron chi connectivity index (χ3n) is 2.99. The molecule has 0 aliphatic carbocycles. The summed E-state index contributed by atoms with van der Waals surface area (Å²) in [6, 6.07) is 1.35. The van der Waals surface area contributed by atoms with E-state index in [-0.39, 0.29) is 36.3 Å². The Balaban J connectivity index is 0.00000169. The van der Waals surface area contributed by atoms with E-state index >= 15 is 0 Å². The monoisotopic (exact) mass is 447 g/mol. The van der Waals surface area contributed by atoms with E-state index in [4.69, 9.17) is 9.47 Å². The molecule has 0 radical (unpaired) electrons. The maximum Gasteiger partial charge on any atom is 0.422 e. The minimum absolute atomic E-state index is 0. The first-order chi connectivity index (χ1) is 11.5. The fourth-order valence-corrected chi connectivity index (χ4v) is 3.51. The summed E-state index contributed by atoms with van der Waals surface area (Å²) in [5, 5.41) is 4.59. The highest BCUT2D eigenvalue weighted by molar-refractivity contribution is 7.98. The molecule has 1 N–H and O–H groups in total. The molecule has 0 aromatic carbocycles. The molecule has 0 atom stereocenters. The molecule has 0 aliphatic rings. The molecule has 26 heavy (non-hydrogen) atoms. The quantitative estimate of drug-likeness (QED) is 0.532. The topological polar surface area (TPSA) is 60.0 Å². The van der Waals surface area contributed by atoms with Gasteiger partial charge in [-0.25, -0.2) is 4.98 Å². The lowest BCUT2D eigenvalue weighted by Gasteiger charge is -2.14. The average Bonchev–Trinajstić information content (AvgIpc) is 3.11. The van der Waals surface area contributed by atoms with Crippen molar-refractivity contribution >= 4 is 58.9 Å². The predicted octanol–water partition coefficient (Wildman–Crippen LogP) is 5.11. The number of H-pyrrole nitrogens is 1. The summed E-state index contributed by atoms with van der Waals surface area (Å²) >= 11 is 2.94. The number of imidazole rings is 1. The van der Waals surface area contributed by atoms with Gasteiger partial charge in [-0.3, -0.25) is 4.98 Å². The summed E-state index contributed by atoms with van der Waals surface area (Å²) < 4.78 is 46.9. The molecule has 0 saturated heterocycles. The van der Waals surface area contributed by atoms with E-state index < -0.39 is 12.8 Å². The van der Waals surface area contributed by atoms with E-state index in [2.05, 4.69) is 15.0 Å². The van der Waals surface area contributed by atoms with E-state index in [0.29, 0.717) is 16.6 Å². The molecule has 3 aromatic heterocycles. The van der Waals surface area contributed by atoms with E-state index in [1.54, 1.807) is 11.3 Å². The molecule has 3 rings (SSSR count). The van der Waals surface area contributed by atoms with E-state index in [9.17, 15) is 13.2 Å². The first-order valence-corrected chi connectivity index (χ1v) is 8.65. The van der Waals surface area contributed by atoms with Crippen LogP contribution in [0.25, 0.3) is 11.0 Å². The number of nitrogens with zero attached hydrogens (tertiary/aromatic N) is 2. The number of pyridine rings is 1. The molecule has 3 aromatic rings. The number of halogens is 5. The maximum atomic E-state index is 12.3. The minimum atomic E-state index is -4.41. The molecule has 0 aliphatic heterocycles. The van der Waals surface area contributed by atoms with Crippen molar-refractivity contribution in [2.45, 2.75) is 17.1 Å². The van der Waals surface area contributed by atoms with Crippen LogP contribution in [0.4, 0.5) is 13.2 Å². The van der Waals surface area contributed by atoms with Gasteiger partial charge >= 0.3 is 6.18 Å². The van der Waals surface area contributed by atoms with Crippen LogP contribution in [-0.4, -0.2) is 34.8 Å². The minimum Gasteiger partial charge on any atom is -0.491 e. The van der Waals surface area contributed by atoms with Crippen molar-refractivity contribution in [1.29, 1.82) is 0 Å². The van der Waals surface area contributed by atoms with Gasteiger partial charge in [-0.2, -0.15) is 13.2 Å². The van der Waals surface area contributed by atoms with Crippen molar-refractivity contribution in [3.63, 3.8) is 0 Å². The standard InChI is InChI=1S/C14H12F3N3O2S2.2ClH/c1-21-12-10(18-3-2-11(12)22-7-14(15,16)17)6-24-13-19-8-4-23-5-9(8)20-13;;/h2-5H,6-7H2,1H3,(H,19,20);2*1H. The molecule has 12 heteroatoms. The summed E-state index contributed by atoms with van der Waals surface area (Å²) in [6.45, 7) is -1.38. The lowest BCUT2D eigenvalue weighted by atomic mass is 10.3. The molecule has 0 unspecified atom stereocenters. The first-order valence-electron chi connectivity index (χ1n) is 6.72. The van der Waals surface area contributed by atoms with Crippen molar-refractivity contribution in [2.75, 3.05) is 13.7 Å². The number of hydrogen-bond donors (Lipinski definition) is 1. The smallest absolute Gasteiger partial charge is 0.422 e. The highest BCUT2D eigenvalue weighted by Gasteiger charge is 2.29. The Kier molecular flexibility index (Phi) is 8.32. The predicted molar refractivity (Wildman–Crippen MR) is 100 cm³/mol. The van der Waals surface area contributed by atoms with E-state index in [1.807, 2.05) is 10.8 Å². The summed E-state index contributed by atoms with van der Waals surface area (Å²) in [7, 11) is 1.37. The Morgan fingerprint density at radius 1 is 1.27 bits per heavy atom. The van der Waals surface area contributed by atoms with Gasteiger partial charge in [-0.05, 0) is 0 Å². The van der Waals surface area contributed by atoms with Gasteiger partial charge in [0.15, 0.2) is 23.3 Å². The molecular weight excluding hydrogens is 434 g/mol. The Hall–Kier alpha value is -1.36. The van der Waals surface area contributed by atoms with Gasteiger partial charge in [0.25, 0.3) is 0 Å². The van der Waals surface area contributed by atoms with Crippen molar-refractivity contribution in [2.24, 2.45) is 0 Å². The molecule has 0 fully saturated rings. The number of fused-ring (bicyclic) bond motifs is 1. The number of alkyl halides is 3. The molecule has 5 nitrogen and oxygen atoms in total. The summed E-state index contributed by atoms with van der Waals surface area (Å²) in [5.74, 6) is 0.591. The van der Waals surface area contributed by atoms with Crippen LogP contribution in [0.2, 0.25) is 0 Å². The van der Waals surface area contributed by atoms with Crippen LogP contribution >= 0.6 is 47.9 Å². The number of rotatable bonds is 6. The number of hydrogen-bond acceptors (Lipinski definition) is 6. The van der Waals surface area contributed by atoms with Gasteiger partial charge in [-0.1, -0.05) is 11.8 Å². The highest BCUT2D eigenvalue weighted by Crippen LogP contribution is 2.34. The maximum absolute atomic E-state index is 12.3. The van der Waals surface area contributed by atoms with Crippen LogP contribution in [0.15, 0.2) is 28.2 Å². The Labute approximate surface area is 167 Å². The number of ether oxygens (including phenoxy) is 2. The van der Waals surface area contributed by atoms with Gasteiger partial charge in [0, 0.05) is 28.8 Å². The second kappa shape index (κ2) is 9.54. The number of methoxy groups -OCH3 is 1. The highest BCUT2D eigenvalue weighted by atomic mass is 35.5. The van der Waals surface area contributed by atoms with Gasteiger partial charge in [0.1, 0.15) is 5.52 Å². The summed E-state index contributed by atoms with van der Waals surface area (Å²) in [5.41, 5.74) is 2.32. The average molecular weight is 448 g/mol. The van der Waals surface area contributed by atoms with Crippen molar-refractivity contribution in [3.05, 3.63) is 28.7 Å². The summed E-state index contributed by atoms with van der Waals surface area (Å²) in [6.07, 6.45) is -3.02. The van der Waals surface area contributed by atoms with Crippen LogP contribution in [-0.2, 0) is 5.75 Å². The van der Waals surface area contributed by atoms with Gasteiger partial charge in [0.05, 0.1) is 18.3 Å². The van der Waals surface area contributed by atoms with Crippen LogP contribution in [0.5, 0.6) is 11.5 Å². The first kappa shape index (κ1) is 22.7. The second-order valence-corrected chi connectivity index (χ2v) is 6.40. The Bertz CT molecular complexity index is 814. The zero-order valence-corrected chi connectivity index (χ0v) is 16.5. The zero-order chi connectivity index (χ0) is 17.2. The van der Waals surface area contributed by atoms with Crippen LogP contribution < -0.4 is 9.47 Å².